The lowest BCUT2D eigenvalue weighted by atomic mass is 10.2. The van der Waals surface area contributed by atoms with E-state index < -0.39 is 23.6 Å². The number of anilines is 2. The minimum atomic E-state index is -4.53. The van der Waals surface area contributed by atoms with Crippen molar-refractivity contribution in [3.8, 4) is 0 Å². The lowest BCUT2D eigenvalue weighted by molar-refractivity contribution is -0.137. The number of halogens is 3. The first kappa shape index (κ1) is 18.1. The van der Waals surface area contributed by atoms with Crippen LogP contribution in [0, 0.1) is 0 Å². The monoisotopic (exact) mass is 375 g/mol. The first-order valence-corrected chi connectivity index (χ1v) is 7.59. The fourth-order valence-corrected chi connectivity index (χ4v) is 2.20. The molecule has 1 aromatic carbocycles. The highest BCUT2D eigenvalue weighted by Gasteiger charge is 2.30. The highest BCUT2D eigenvalue weighted by atomic mass is 19.4. The number of rotatable bonds is 4. The molecule has 0 saturated heterocycles. The van der Waals surface area contributed by atoms with Crippen LogP contribution < -0.4 is 10.6 Å². The van der Waals surface area contributed by atoms with Crippen molar-refractivity contribution in [3.05, 3.63) is 71.8 Å². The van der Waals surface area contributed by atoms with E-state index >= 15 is 0 Å². The number of nitrogens with zero attached hydrogens (tertiary/aromatic N) is 2. The number of aromatic nitrogens is 3. The van der Waals surface area contributed by atoms with Gasteiger partial charge in [0.15, 0.2) is 0 Å². The number of benzene rings is 1. The molecular weight excluding hydrogens is 363 g/mol. The highest BCUT2D eigenvalue weighted by Crippen LogP contribution is 2.30. The summed E-state index contributed by atoms with van der Waals surface area (Å²) in [5.41, 5.74) is -0.866. The van der Waals surface area contributed by atoms with Crippen LogP contribution >= 0.6 is 0 Å². The largest absolute Gasteiger partial charge is 0.416 e. The Hall–Kier alpha value is -3.69. The summed E-state index contributed by atoms with van der Waals surface area (Å²) >= 11 is 0. The standard InChI is InChI=1S/C17H12F3N5O2/c18-17(19,20)10-4-3-5-11(8-10)23-16(27)14-13(9-22-25-14)24-15(26)12-6-1-2-7-21-12/h1-9H,(H,22,25)(H,23,27)(H,24,26). The Morgan fingerprint density at radius 1 is 1.00 bits per heavy atom. The summed E-state index contributed by atoms with van der Waals surface area (Å²) in [7, 11) is 0. The number of amides is 2. The number of H-pyrrole nitrogens is 1. The average molecular weight is 375 g/mol. The molecule has 0 aliphatic carbocycles. The number of alkyl halides is 3. The minimum absolute atomic E-state index is 0.0496. The van der Waals surface area contributed by atoms with Crippen LogP contribution in [0.5, 0.6) is 0 Å². The van der Waals surface area contributed by atoms with E-state index in [-0.39, 0.29) is 22.8 Å². The first-order chi connectivity index (χ1) is 12.8. The number of carbonyl (C=O) groups is 2. The van der Waals surface area contributed by atoms with E-state index in [1.54, 1.807) is 12.1 Å². The quantitative estimate of drug-likeness (QED) is 0.651. The fourth-order valence-electron chi connectivity index (χ4n) is 2.20. The summed E-state index contributed by atoms with van der Waals surface area (Å²) in [5.74, 6) is -1.33. The molecule has 0 aliphatic heterocycles. The number of hydrogen-bond donors (Lipinski definition) is 3. The van der Waals surface area contributed by atoms with Crippen LogP contribution in [-0.4, -0.2) is 27.0 Å². The van der Waals surface area contributed by atoms with E-state index in [0.717, 1.165) is 12.1 Å². The van der Waals surface area contributed by atoms with Crippen molar-refractivity contribution in [2.45, 2.75) is 6.18 Å². The highest BCUT2D eigenvalue weighted by molar-refractivity contribution is 6.10. The predicted octanol–water partition coefficient (Wildman–Crippen LogP) is 3.33. The van der Waals surface area contributed by atoms with E-state index in [1.165, 1.54) is 30.6 Å². The summed E-state index contributed by atoms with van der Waals surface area (Å²) in [6.07, 6.45) is -1.88. The van der Waals surface area contributed by atoms with Gasteiger partial charge in [-0.25, -0.2) is 0 Å². The van der Waals surface area contributed by atoms with Crippen LogP contribution in [0.3, 0.4) is 0 Å². The van der Waals surface area contributed by atoms with E-state index in [1.807, 2.05) is 0 Å². The van der Waals surface area contributed by atoms with Crippen LogP contribution in [0.25, 0.3) is 0 Å². The third-order valence-electron chi connectivity index (χ3n) is 3.46. The van der Waals surface area contributed by atoms with Crippen LogP contribution in [-0.2, 0) is 6.18 Å². The van der Waals surface area contributed by atoms with Crippen molar-refractivity contribution < 1.29 is 22.8 Å². The normalized spacial score (nSPS) is 11.1. The van der Waals surface area contributed by atoms with E-state index in [0.29, 0.717) is 0 Å². The SMILES string of the molecule is O=C(Nc1cn[nH]c1C(=O)Nc1cccc(C(F)(F)F)c1)c1ccccn1. The van der Waals surface area contributed by atoms with Gasteiger partial charge >= 0.3 is 6.18 Å². The molecule has 3 rings (SSSR count). The second-order valence-corrected chi connectivity index (χ2v) is 5.36. The molecule has 0 radical (unpaired) electrons. The van der Waals surface area contributed by atoms with Crippen molar-refractivity contribution in [1.29, 1.82) is 0 Å². The van der Waals surface area contributed by atoms with Gasteiger partial charge < -0.3 is 10.6 Å². The maximum absolute atomic E-state index is 12.8. The number of pyridine rings is 1. The van der Waals surface area contributed by atoms with Gasteiger partial charge in [-0.1, -0.05) is 12.1 Å². The fraction of sp³-hybridized carbons (Fsp3) is 0.0588. The molecule has 2 amide bonds. The Balaban J connectivity index is 1.76. The zero-order chi connectivity index (χ0) is 19.4. The van der Waals surface area contributed by atoms with Crippen molar-refractivity contribution in [1.82, 2.24) is 15.2 Å². The number of carbonyl (C=O) groups excluding carboxylic acids is 2. The Morgan fingerprint density at radius 2 is 1.81 bits per heavy atom. The van der Waals surface area contributed by atoms with Crippen LogP contribution in [0.1, 0.15) is 26.5 Å². The molecule has 0 saturated carbocycles. The second-order valence-electron chi connectivity index (χ2n) is 5.36. The molecule has 3 N–H and O–H groups in total. The van der Waals surface area contributed by atoms with E-state index in [9.17, 15) is 22.8 Å². The lowest BCUT2D eigenvalue weighted by Gasteiger charge is -2.10. The molecule has 2 heterocycles. The summed E-state index contributed by atoms with van der Waals surface area (Å²) < 4.78 is 38.3. The van der Waals surface area contributed by atoms with Crippen molar-refractivity contribution in [2.24, 2.45) is 0 Å². The van der Waals surface area contributed by atoms with Crippen molar-refractivity contribution in [3.63, 3.8) is 0 Å². The summed E-state index contributed by atoms with van der Waals surface area (Å²) in [6.45, 7) is 0. The van der Waals surface area contributed by atoms with Gasteiger partial charge in [-0.15, -0.1) is 0 Å². The smallest absolute Gasteiger partial charge is 0.321 e. The summed E-state index contributed by atoms with van der Waals surface area (Å²) in [5, 5.41) is 10.9. The Morgan fingerprint density at radius 3 is 2.52 bits per heavy atom. The maximum atomic E-state index is 12.8. The van der Waals surface area contributed by atoms with Crippen LogP contribution in [0.4, 0.5) is 24.5 Å². The molecule has 27 heavy (non-hydrogen) atoms. The number of aromatic amines is 1. The molecular formula is C17H12F3N5O2. The van der Waals surface area contributed by atoms with Gasteiger partial charge in [-0.3, -0.25) is 19.7 Å². The molecule has 0 spiro atoms. The van der Waals surface area contributed by atoms with Crippen LogP contribution in [0.2, 0.25) is 0 Å². The van der Waals surface area contributed by atoms with Crippen LogP contribution in [0.15, 0.2) is 54.9 Å². The molecule has 2 aromatic heterocycles. The molecule has 0 aliphatic rings. The molecule has 0 atom stereocenters. The summed E-state index contributed by atoms with van der Waals surface area (Å²) in [6, 6.07) is 8.94. The minimum Gasteiger partial charge on any atom is -0.321 e. The maximum Gasteiger partial charge on any atom is 0.416 e. The zero-order valence-corrected chi connectivity index (χ0v) is 13.5. The average Bonchev–Trinajstić information content (AvgIpc) is 3.10. The van der Waals surface area contributed by atoms with Crippen molar-refractivity contribution in [2.75, 3.05) is 10.6 Å². The summed E-state index contributed by atoms with van der Waals surface area (Å²) in [4.78, 5) is 28.4. The Bertz CT molecular complexity index is 970. The molecule has 3 aromatic rings. The Kier molecular flexibility index (Phi) is 4.88. The van der Waals surface area contributed by atoms with Gasteiger partial charge in [0.2, 0.25) is 0 Å². The topological polar surface area (TPSA) is 99.8 Å². The third-order valence-corrected chi connectivity index (χ3v) is 3.46. The third kappa shape index (κ3) is 4.29. The van der Waals surface area contributed by atoms with Gasteiger partial charge in [0.05, 0.1) is 17.4 Å². The molecule has 138 valence electrons. The molecule has 0 unspecified atom stereocenters. The van der Waals surface area contributed by atoms with Gasteiger partial charge in [0, 0.05) is 11.9 Å². The van der Waals surface area contributed by atoms with Gasteiger partial charge in [-0.05, 0) is 30.3 Å². The molecule has 10 heteroatoms. The predicted molar refractivity (Wildman–Crippen MR) is 90.2 cm³/mol. The Labute approximate surface area is 150 Å². The number of nitrogens with one attached hydrogen (secondary N) is 3. The lowest BCUT2D eigenvalue weighted by Crippen LogP contribution is -2.18. The van der Waals surface area contributed by atoms with Crippen molar-refractivity contribution >= 4 is 23.2 Å². The molecule has 0 bridgehead atoms. The van der Waals surface area contributed by atoms with E-state index in [2.05, 4.69) is 25.8 Å². The molecule has 7 nitrogen and oxygen atoms in total. The second kappa shape index (κ2) is 7.28. The van der Waals surface area contributed by atoms with E-state index in [4.69, 9.17) is 0 Å². The van der Waals surface area contributed by atoms with Gasteiger partial charge in [0.1, 0.15) is 11.4 Å². The first-order valence-electron chi connectivity index (χ1n) is 7.59. The number of hydrogen-bond acceptors (Lipinski definition) is 4. The van der Waals surface area contributed by atoms with Gasteiger partial charge in [0.25, 0.3) is 11.8 Å². The van der Waals surface area contributed by atoms with Gasteiger partial charge in [-0.2, -0.15) is 18.3 Å². The zero-order valence-electron chi connectivity index (χ0n) is 13.5. The molecule has 0 fully saturated rings.